The number of benzene rings is 2. The molecule has 0 radical (unpaired) electrons. The number of nitrogens with zero attached hydrogens (tertiary/aromatic N) is 5. The monoisotopic (exact) mass is 479 g/mol. The number of halogens is 2. The van der Waals surface area contributed by atoms with Crippen molar-refractivity contribution in [1.29, 1.82) is 0 Å². The van der Waals surface area contributed by atoms with Crippen molar-refractivity contribution in [3.63, 3.8) is 0 Å². The molecule has 8 nitrogen and oxygen atoms in total. The molecule has 3 N–H and O–H groups in total. The van der Waals surface area contributed by atoms with Crippen LogP contribution in [-0.2, 0) is 20.1 Å². The standard InChI is InChI=1S/C25H27F2N7O/c1-32-23(35)21-22(30-24(32)29-13-16-6-3-2-4-7-16)31-25(33-11-5-8-18(28)15-33)34(21)14-17-9-10-19(26)20(27)12-17/h2-4,6-7,9-10,12,18H,5,8,11,13-15,28H2,1H3,(H,29,30). The quantitative estimate of drug-likeness (QED) is 0.442. The summed E-state index contributed by atoms with van der Waals surface area (Å²) < 4.78 is 30.6. The Labute approximate surface area is 201 Å². The van der Waals surface area contributed by atoms with E-state index in [-0.39, 0.29) is 18.1 Å². The van der Waals surface area contributed by atoms with Crippen LogP contribution < -0.4 is 21.5 Å². The molecular weight excluding hydrogens is 452 g/mol. The van der Waals surface area contributed by atoms with Gasteiger partial charge >= 0.3 is 0 Å². The molecular formula is C25H27F2N7O. The van der Waals surface area contributed by atoms with Gasteiger partial charge in [-0.3, -0.25) is 13.9 Å². The largest absolute Gasteiger partial charge is 0.351 e. The van der Waals surface area contributed by atoms with Crippen molar-refractivity contribution >= 4 is 23.1 Å². The summed E-state index contributed by atoms with van der Waals surface area (Å²) in [5, 5.41) is 3.22. The summed E-state index contributed by atoms with van der Waals surface area (Å²) in [7, 11) is 1.65. The summed E-state index contributed by atoms with van der Waals surface area (Å²) in [4.78, 5) is 24.9. The summed E-state index contributed by atoms with van der Waals surface area (Å²) in [5.74, 6) is -0.916. The number of piperidine rings is 1. The minimum Gasteiger partial charge on any atom is -0.351 e. The Bertz CT molecular complexity index is 1420. The molecule has 182 valence electrons. The molecule has 3 heterocycles. The number of anilines is 2. The highest BCUT2D eigenvalue weighted by Gasteiger charge is 2.26. The highest BCUT2D eigenvalue weighted by Crippen LogP contribution is 2.25. The van der Waals surface area contributed by atoms with Crippen LogP contribution in [0.25, 0.3) is 11.2 Å². The van der Waals surface area contributed by atoms with Gasteiger partial charge in [-0.2, -0.15) is 9.97 Å². The maximum atomic E-state index is 13.9. The van der Waals surface area contributed by atoms with Crippen LogP contribution in [0.1, 0.15) is 24.0 Å². The number of rotatable bonds is 6. The fraction of sp³-hybridized carbons (Fsp3) is 0.320. The Morgan fingerprint density at radius 2 is 1.89 bits per heavy atom. The second-order valence-electron chi connectivity index (χ2n) is 8.91. The van der Waals surface area contributed by atoms with Crippen molar-refractivity contribution in [1.82, 2.24) is 19.1 Å². The smallest absolute Gasteiger partial charge is 0.281 e. The molecule has 0 spiro atoms. The van der Waals surface area contributed by atoms with Crippen LogP contribution in [0.15, 0.2) is 53.3 Å². The van der Waals surface area contributed by atoms with Crippen molar-refractivity contribution in [2.45, 2.75) is 32.0 Å². The first-order valence-corrected chi connectivity index (χ1v) is 11.6. The van der Waals surface area contributed by atoms with Crippen LogP contribution >= 0.6 is 0 Å². The Morgan fingerprint density at radius 1 is 1.09 bits per heavy atom. The molecule has 0 saturated carbocycles. The van der Waals surface area contributed by atoms with Gasteiger partial charge in [0.05, 0.1) is 6.54 Å². The molecule has 10 heteroatoms. The number of hydrogen-bond acceptors (Lipinski definition) is 6. The first-order chi connectivity index (χ1) is 16.9. The van der Waals surface area contributed by atoms with Gasteiger partial charge in [0.25, 0.3) is 5.56 Å². The normalized spacial score (nSPS) is 16.1. The fourth-order valence-electron chi connectivity index (χ4n) is 4.49. The van der Waals surface area contributed by atoms with E-state index in [9.17, 15) is 13.6 Å². The van der Waals surface area contributed by atoms with Gasteiger partial charge in [-0.1, -0.05) is 36.4 Å². The SMILES string of the molecule is Cn1c(NCc2ccccc2)nc2nc(N3CCCC(N)C3)n(Cc3ccc(F)c(F)c3)c2c1=O. The average Bonchev–Trinajstić information content (AvgIpc) is 3.21. The summed E-state index contributed by atoms with van der Waals surface area (Å²) in [6, 6.07) is 13.5. The lowest BCUT2D eigenvalue weighted by Gasteiger charge is -2.31. The van der Waals surface area contributed by atoms with Crippen molar-refractivity contribution in [2.24, 2.45) is 12.8 Å². The first kappa shape index (κ1) is 23.0. The van der Waals surface area contributed by atoms with Gasteiger partial charge in [-0.15, -0.1) is 0 Å². The zero-order valence-corrected chi connectivity index (χ0v) is 19.4. The van der Waals surface area contributed by atoms with Crippen molar-refractivity contribution in [2.75, 3.05) is 23.3 Å². The predicted molar refractivity (Wildman–Crippen MR) is 131 cm³/mol. The van der Waals surface area contributed by atoms with Crippen LogP contribution in [0.3, 0.4) is 0 Å². The van der Waals surface area contributed by atoms with E-state index in [1.165, 1.54) is 10.6 Å². The Balaban J connectivity index is 1.59. The second kappa shape index (κ2) is 9.46. The molecule has 1 atom stereocenters. The molecule has 5 rings (SSSR count). The molecule has 1 aliphatic rings. The fourth-order valence-corrected chi connectivity index (χ4v) is 4.49. The van der Waals surface area contributed by atoms with Gasteiger partial charge < -0.3 is 16.0 Å². The third-order valence-corrected chi connectivity index (χ3v) is 6.32. The van der Waals surface area contributed by atoms with E-state index in [4.69, 9.17) is 10.7 Å². The van der Waals surface area contributed by atoms with E-state index in [0.717, 1.165) is 37.1 Å². The molecule has 0 amide bonds. The van der Waals surface area contributed by atoms with E-state index >= 15 is 0 Å². The number of imidazole rings is 1. The van der Waals surface area contributed by atoms with Crippen LogP contribution in [0.2, 0.25) is 0 Å². The molecule has 1 fully saturated rings. The van der Waals surface area contributed by atoms with Gasteiger partial charge in [-0.05, 0) is 36.1 Å². The van der Waals surface area contributed by atoms with Gasteiger partial charge in [0.1, 0.15) is 0 Å². The van der Waals surface area contributed by atoms with Crippen LogP contribution in [-0.4, -0.2) is 38.2 Å². The average molecular weight is 480 g/mol. The highest BCUT2D eigenvalue weighted by atomic mass is 19.2. The minimum atomic E-state index is -0.938. The van der Waals surface area contributed by atoms with Crippen LogP contribution in [0.4, 0.5) is 20.7 Å². The number of fused-ring (bicyclic) bond motifs is 1. The molecule has 1 saturated heterocycles. The van der Waals surface area contributed by atoms with E-state index in [2.05, 4.69) is 10.3 Å². The summed E-state index contributed by atoms with van der Waals surface area (Å²) in [5.41, 5.74) is 8.08. The zero-order chi connectivity index (χ0) is 24.5. The molecule has 0 bridgehead atoms. The zero-order valence-electron chi connectivity index (χ0n) is 19.4. The predicted octanol–water partition coefficient (Wildman–Crippen LogP) is 3.00. The molecule has 2 aromatic heterocycles. The number of aromatic nitrogens is 4. The Morgan fingerprint density at radius 3 is 2.63 bits per heavy atom. The lowest BCUT2D eigenvalue weighted by molar-refractivity contribution is 0.494. The molecule has 35 heavy (non-hydrogen) atoms. The van der Waals surface area contributed by atoms with Crippen molar-refractivity contribution in [3.8, 4) is 0 Å². The third-order valence-electron chi connectivity index (χ3n) is 6.32. The van der Waals surface area contributed by atoms with Gasteiger partial charge in [0.15, 0.2) is 22.8 Å². The summed E-state index contributed by atoms with van der Waals surface area (Å²) >= 11 is 0. The summed E-state index contributed by atoms with van der Waals surface area (Å²) in [6.07, 6.45) is 1.80. The maximum absolute atomic E-state index is 13.9. The molecule has 1 aliphatic heterocycles. The Kier molecular flexibility index (Phi) is 6.21. The number of nitrogens with one attached hydrogen (secondary N) is 1. The lowest BCUT2D eigenvalue weighted by Crippen LogP contribution is -2.44. The van der Waals surface area contributed by atoms with E-state index in [0.29, 0.717) is 41.7 Å². The minimum absolute atomic E-state index is 0.0147. The van der Waals surface area contributed by atoms with Gasteiger partial charge in [-0.25, -0.2) is 8.78 Å². The van der Waals surface area contributed by atoms with Crippen LogP contribution in [0.5, 0.6) is 0 Å². The number of hydrogen-bond donors (Lipinski definition) is 2. The summed E-state index contributed by atoms with van der Waals surface area (Å²) in [6.45, 7) is 1.95. The van der Waals surface area contributed by atoms with Crippen LogP contribution in [0, 0.1) is 11.6 Å². The van der Waals surface area contributed by atoms with E-state index < -0.39 is 11.6 Å². The first-order valence-electron chi connectivity index (χ1n) is 11.6. The molecule has 2 aromatic carbocycles. The second-order valence-corrected chi connectivity index (χ2v) is 8.91. The van der Waals surface area contributed by atoms with Crippen molar-refractivity contribution < 1.29 is 8.78 Å². The lowest BCUT2D eigenvalue weighted by atomic mass is 10.1. The topological polar surface area (TPSA) is 94.0 Å². The van der Waals surface area contributed by atoms with Gasteiger partial charge in [0, 0.05) is 32.7 Å². The van der Waals surface area contributed by atoms with Gasteiger partial charge in [0.2, 0.25) is 11.9 Å². The Hall–Kier alpha value is -3.79. The van der Waals surface area contributed by atoms with E-state index in [1.807, 2.05) is 35.2 Å². The number of nitrogens with two attached hydrogens (primary N) is 1. The van der Waals surface area contributed by atoms with E-state index in [1.54, 1.807) is 11.6 Å². The maximum Gasteiger partial charge on any atom is 0.281 e. The third kappa shape index (κ3) is 4.61. The molecule has 1 unspecified atom stereocenters. The molecule has 4 aromatic rings. The highest BCUT2D eigenvalue weighted by molar-refractivity contribution is 5.75. The van der Waals surface area contributed by atoms with Crippen molar-refractivity contribution in [3.05, 3.63) is 81.6 Å². The molecule has 0 aliphatic carbocycles.